The molecule has 1 aromatic rings. The Hall–Kier alpha value is -1.33. The Kier molecular flexibility index (Phi) is 4.17. The second-order valence-electron chi connectivity index (χ2n) is 4.90. The lowest BCUT2D eigenvalue weighted by Gasteiger charge is -2.34. The van der Waals surface area contributed by atoms with Crippen LogP contribution >= 0.6 is 0 Å². The molecule has 2 heteroatoms. The summed E-state index contributed by atoms with van der Waals surface area (Å²) in [5, 5.41) is 9.39. The molecular formula is C15H20N2. The molecule has 1 fully saturated rings. The second kappa shape index (κ2) is 5.84. The van der Waals surface area contributed by atoms with Gasteiger partial charge in [0.1, 0.15) is 6.04 Å². The van der Waals surface area contributed by atoms with Gasteiger partial charge in [-0.15, -0.1) is 0 Å². The van der Waals surface area contributed by atoms with Gasteiger partial charge in [-0.2, -0.15) is 5.26 Å². The summed E-state index contributed by atoms with van der Waals surface area (Å²) in [5.74, 6) is 0. The first kappa shape index (κ1) is 12.1. The molecule has 90 valence electrons. The fourth-order valence-electron chi connectivity index (χ4n) is 2.74. The standard InChI is InChI=1S/C15H20N2/c1-17(14-10-6-3-7-11-14)15(12-16)13-8-4-2-5-9-13/h2,4-5,8-9,14-15H,3,6-7,10-11H2,1H3. The summed E-state index contributed by atoms with van der Waals surface area (Å²) in [6, 6.07) is 13.0. The summed E-state index contributed by atoms with van der Waals surface area (Å²) >= 11 is 0. The minimum absolute atomic E-state index is 0.0979. The van der Waals surface area contributed by atoms with E-state index >= 15 is 0 Å². The molecule has 0 saturated heterocycles. The minimum atomic E-state index is -0.0979. The Morgan fingerprint density at radius 2 is 1.82 bits per heavy atom. The van der Waals surface area contributed by atoms with Crippen LogP contribution < -0.4 is 0 Å². The van der Waals surface area contributed by atoms with Crippen molar-refractivity contribution in [1.29, 1.82) is 5.26 Å². The first-order valence-corrected chi connectivity index (χ1v) is 6.49. The summed E-state index contributed by atoms with van der Waals surface area (Å²) in [5.41, 5.74) is 1.11. The lowest BCUT2D eigenvalue weighted by Crippen LogP contribution is -2.36. The van der Waals surface area contributed by atoms with E-state index in [1.165, 1.54) is 32.1 Å². The molecule has 0 heterocycles. The van der Waals surface area contributed by atoms with Gasteiger partial charge >= 0.3 is 0 Å². The molecule has 1 unspecified atom stereocenters. The molecule has 2 rings (SSSR count). The summed E-state index contributed by atoms with van der Waals surface area (Å²) in [7, 11) is 2.09. The smallest absolute Gasteiger partial charge is 0.123 e. The highest BCUT2D eigenvalue weighted by Gasteiger charge is 2.25. The van der Waals surface area contributed by atoms with E-state index in [1.807, 2.05) is 30.3 Å². The van der Waals surface area contributed by atoms with Gasteiger partial charge in [0, 0.05) is 6.04 Å². The molecule has 0 spiro atoms. The fourth-order valence-corrected chi connectivity index (χ4v) is 2.74. The second-order valence-corrected chi connectivity index (χ2v) is 4.90. The van der Waals surface area contributed by atoms with Gasteiger partial charge in [0.25, 0.3) is 0 Å². The molecule has 0 aromatic heterocycles. The number of nitriles is 1. The first-order valence-electron chi connectivity index (χ1n) is 6.49. The van der Waals surface area contributed by atoms with Gasteiger partial charge in [-0.25, -0.2) is 0 Å². The third-order valence-corrected chi connectivity index (χ3v) is 3.80. The van der Waals surface area contributed by atoms with E-state index in [0.29, 0.717) is 6.04 Å². The highest BCUT2D eigenvalue weighted by Crippen LogP contribution is 2.28. The molecule has 1 aliphatic carbocycles. The van der Waals surface area contributed by atoms with Crippen molar-refractivity contribution in [3.63, 3.8) is 0 Å². The van der Waals surface area contributed by atoms with E-state index in [-0.39, 0.29) is 6.04 Å². The van der Waals surface area contributed by atoms with Crippen LogP contribution in [0, 0.1) is 11.3 Å². The molecule has 17 heavy (non-hydrogen) atoms. The lowest BCUT2D eigenvalue weighted by molar-refractivity contribution is 0.164. The van der Waals surface area contributed by atoms with E-state index in [1.54, 1.807) is 0 Å². The topological polar surface area (TPSA) is 27.0 Å². The highest BCUT2D eigenvalue weighted by molar-refractivity contribution is 5.24. The maximum absolute atomic E-state index is 9.39. The van der Waals surface area contributed by atoms with Crippen molar-refractivity contribution in [2.45, 2.75) is 44.2 Å². The average molecular weight is 228 g/mol. The predicted molar refractivity (Wildman–Crippen MR) is 69.4 cm³/mol. The van der Waals surface area contributed by atoms with E-state index < -0.39 is 0 Å². The lowest BCUT2D eigenvalue weighted by atomic mass is 9.92. The average Bonchev–Trinajstić information content (AvgIpc) is 2.42. The van der Waals surface area contributed by atoms with Crippen molar-refractivity contribution in [3.05, 3.63) is 35.9 Å². The van der Waals surface area contributed by atoms with Crippen LogP contribution in [0.2, 0.25) is 0 Å². The summed E-state index contributed by atoms with van der Waals surface area (Å²) < 4.78 is 0. The van der Waals surface area contributed by atoms with Gasteiger partial charge in [-0.1, -0.05) is 49.6 Å². The third-order valence-electron chi connectivity index (χ3n) is 3.80. The van der Waals surface area contributed by atoms with Crippen molar-refractivity contribution in [2.24, 2.45) is 0 Å². The normalized spacial score (nSPS) is 18.9. The Morgan fingerprint density at radius 3 is 2.41 bits per heavy atom. The SMILES string of the molecule is CN(C1CCCCC1)C(C#N)c1ccccc1. The molecule has 2 nitrogen and oxygen atoms in total. The van der Waals surface area contributed by atoms with Crippen LogP contribution in [0.1, 0.15) is 43.7 Å². The molecule has 0 N–H and O–H groups in total. The van der Waals surface area contributed by atoms with Gasteiger partial charge in [0.2, 0.25) is 0 Å². The van der Waals surface area contributed by atoms with Crippen LogP contribution in [0.3, 0.4) is 0 Å². The number of benzene rings is 1. The monoisotopic (exact) mass is 228 g/mol. The Bertz CT molecular complexity index is 374. The zero-order chi connectivity index (χ0) is 12.1. The molecular weight excluding hydrogens is 208 g/mol. The van der Waals surface area contributed by atoms with E-state index in [9.17, 15) is 5.26 Å². The van der Waals surface area contributed by atoms with Crippen molar-refractivity contribution in [2.75, 3.05) is 7.05 Å². The Labute approximate surface area is 104 Å². The van der Waals surface area contributed by atoms with Crippen LogP contribution in [0.25, 0.3) is 0 Å². The number of rotatable bonds is 3. The van der Waals surface area contributed by atoms with Crippen LogP contribution in [-0.2, 0) is 0 Å². The third kappa shape index (κ3) is 2.87. The number of hydrogen-bond donors (Lipinski definition) is 0. The van der Waals surface area contributed by atoms with E-state index in [4.69, 9.17) is 0 Å². The van der Waals surface area contributed by atoms with Gasteiger partial charge in [-0.3, -0.25) is 4.90 Å². The van der Waals surface area contributed by atoms with Crippen molar-refractivity contribution in [3.8, 4) is 6.07 Å². The summed E-state index contributed by atoms with van der Waals surface area (Å²) in [4.78, 5) is 2.26. The van der Waals surface area contributed by atoms with Crippen LogP contribution in [0.5, 0.6) is 0 Å². The predicted octanol–water partition coefficient (Wildman–Crippen LogP) is 3.52. The van der Waals surface area contributed by atoms with E-state index in [2.05, 4.69) is 18.0 Å². The number of nitrogens with zero attached hydrogens (tertiary/aromatic N) is 2. The summed E-state index contributed by atoms with van der Waals surface area (Å²) in [6.45, 7) is 0. The summed E-state index contributed by atoms with van der Waals surface area (Å²) in [6.07, 6.45) is 6.44. The molecule has 0 bridgehead atoms. The zero-order valence-corrected chi connectivity index (χ0v) is 10.5. The first-order chi connectivity index (χ1) is 8.33. The quantitative estimate of drug-likeness (QED) is 0.791. The van der Waals surface area contributed by atoms with Gasteiger partial charge < -0.3 is 0 Å². The minimum Gasteiger partial charge on any atom is -0.284 e. The van der Waals surface area contributed by atoms with Crippen molar-refractivity contribution >= 4 is 0 Å². The maximum Gasteiger partial charge on any atom is 0.123 e. The molecule has 0 aliphatic heterocycles. The molecule has 1 atom stereocenters. The maximum atomic E-state index is 9.39. The molecule has 0 amide bonds. The fraction of sp³-hybridized carbons (Fsp3) is 0.533. The molecule has 1 saturated carbocycles. The molecule has 1 aromatic carbocycles. The van der Waals surface area contributed by atoms with E-state index in [0.717, 1.165) is 5.56 Å². The van der Waals surface area contributed by atoms with Gasteiger partial charge in [0.05, 0.1) is 6.07 Å². The van der Waals surface area contributed by atoms with Crippen LogP contribution in [0.4, 0.5) is 0 Å². The molecule has 1 aliphatic rings. The van der Waals surface area contributed by atoms with Gasteiger partial charge in [0.15, 0.2) is 0 Å². The molecule has 0 radical (unpaired) electrons. The zero-order valence-electron chi connectivity index (χ0n) is 10.5. The van der Waals surface area contributed by atoms with Gasteiger partial charge in [-0.05, 0) is 25.5 Å². The van der Waals surface area contributed by atoms with Crippen molar-refractivity contribution in [1.82, 2.24) is 4.90 Å². The largest absolute Gasteiger partial charge is 0.284 e. The highest BCUT2D eigenvalue weighted by atomic mass is 15.2. The van der Waals surface area contributed by atoms with Crippen molar-refractivity contribution < 1.29 is 0 Å². The Balaban J connectivity index is 2.10. The van der Waals surface area contributed by atoms with Crippen LogP contribution in [-0.4, -0.2) is 18.0 Å². The Morgan fingerprint density at radius 1 is 1.18 bits per heavy atom. The number of hydrogen-bond acceptors (Lipinski definition) is 2. The van der Waals surface area contributed by atoms with Crippen LogP contribution in [0.15, 0.2) is 30.3 Å².